The van der Waals surface area contributed by atoms with Gasteiger partial charge in [0.15, 0.2) is 10.4 Å². The van der Waals surface area contributed by atoms with E-state index in [-0.39, 0.29) is 17.1 Å². The fourth-order valence-corrected chi connectivity index (χ4v) is 1.99. The van der Waals surface area contributed by atoms with Crippen LogP contribution in [0.3, 0.4) is 0 Å². The molecule has 0 atom stereocenters. The molecule has 1 heterocycles. The Morgan fingerprint density at radius 1 is 1.11 bits per heavy atom. The van der Waals surface area contributed by atoms with Crippen LogP contribution in [0.25, 0.3) is 0 Å². The van der Waals surface area contributed by atoms with Gasteiger partial charge >= 0.3 is 0 Å². The molecule has 2 aromatic rings. The second-order valence-electron chi connectivity index (χ2n) is 5.39. The fourth-order valence-electron chi connectivity index (χ4n) is 1.68. The summed E-state index contributed by atoms with van der Waals surface area (Å²) in [6.07, 6.45) is 0. The average Bonchev–Trinajstić information content (AvgIpc) is 2.75. The van der Waals surface area contributed by atoms with Crippen molar-refractivity contribution in [2.24, 2.45) is 0 Å². The Kier molecular flexibility index (Phi) is 3.80. The predicted molar refractivity (Wildman–Crippen MR) is 79.5 cm³/mol. The maximum absolute atomic E-state index is 11.9. The summed E-state index contributed by atoms with van der Waals surface area (Å²) in [6.45, 7) is 6.46. The van der Waals surface area contributed by atoms with Crippen molar-refractivity contribution >= 4 is 27.5 Å². The first-order valence-electron chi connectivity index (χ1n) is 6.03. The minimum Gasteiger partial charge on any atom is -0.444 e. The van der Waals surface area contributed by atoms with Crippen molar-refractivity contribution in [3.63, 3.8) is 0 Å². The lowest BCUT2D eigenvalue weighted by Gasteiger charge is -2.19. The number of carbonyl (C=O) groups excluding carboxylic acids is 1. The maximum Gasteiger partial charge on any atom is 0.291 e. The molecule has 1 aromatic carbocycles. The molecule has 0 radical (unpaired) electrons. The Morgan fingerprint density at radius 3 is 2.21 bits per heavy atom. The van der Waals surface area contributed by atoms with Gasteiger partial charge in [-0.05, 0) is 51.2 Å². The van der Waals surface area contributed by atoms with Gasteiger partial charge in [-0.1, -0.05) is 32.9 Å². The summed E-state index contributed by atoms with van der Waals surface area (Å²) in [5, 5.41) is 2.80. The molecule has 0 aliphatic carbocycles. The molecule has 0 bridgehead atoms. The van der Waals surface area contributed by atoms with E-state index in [0.29, 0.717) is 4.67 Å². The van der Waals surface area contributed by atoms with Gasteiger partial charge in [-0.2, -0.15) is 0 Å². The molecule has 0 saturated carbocycles. The minimum atomic E-state index is -0.255. The number of benzene rings is 1. The van der Waals surface area contributed by atoms with E-state index < -0.39 is 0 Å². The SMILES string of the molecule is CC(C)(C)c1ccc(NC(=O)c2ccc(Br)o2)cc1. The third-order valence-corrected chi connectivity index (χ3v) is 3.23. The Bertz CT molecular complexity index is 579. The summed E-state index contributed by atoms with van der Waals surface area (Å²) in [6, 6.07) is 11.2. The number of carbonyl (C=O) groups is 1. The molecule has 0 saturated heterocycles. The highest BCUT2D eigenvalue weighted by Crippen LogP contribution is 2.24. The van der Waals surface area contributed by atoms with Gasteiger partial charge in [-0.15, -0.1) is 0 Å². The first-order chi connectivity index (χ1) is 8.86. The molecule has 0 spiro atoms. The molecule has 1 aromatic heterocycles. The molecule has 1 N–H and O–H groups in total. The smallest absolute Gasteiger partial charge is 0.291 e. The van der Waals surface area contributed by atoms with Crippen LogP contribution < -0.4 is 5.32 Å². The zero-order valence-electron chi connectivity index (χ0n) is 11.2. The van der Waals surface area contributed by atoms with Crippen molar-refractivity contribution < 1.29 is 9.21 Å². The highest BCUT2D eigenvalue weighted by atomic mass is 79.9. The third kappa shape index (κ3) is 3.47. The van der Waals surface area contributed by atoms with Crippen LogP contribution in [-0.2, 0) is 5.41 Å². The van der Waals surface area contributed by atoms with Crippen molar-refractivity contribution in [3.8, 4) is 0 Å². The number of halogens is 1. The van der Waals surface area contributed by atoms with Gasteiger partial charge in [0.25, 0.3) is 5.91 Å². The van der Waals surface area contributed by atoms with Crippen LogP contribution in [0.2, 0.25) is 0 Å². The van der Waals surface area contributed by atoms with E-state index in [1.54, 1.807) is 12.1 Å². The standard InChI is InChI=1S/C15H16BrNO2/c1-15(2,3)10-4-6-11(7-5-10)17-14(18)12-8-9-13(16)19-12/h4-9H,1-3H3,(H,17,18). The number of rotatable bonds is 2. The van der Waals surface area contributed by atoms with Gasteiger partial charge in [0.1, 0.15) is 0 Å². The molecule has 3 nitrogen and oxygen atoms in total. The van der Waals surface area contributed by atoms with Crippen molar-refractivity contribution in [1.82, 2.24) is 0 Å². The number of amides is 1. The third-order valence-electron chi connectivity index (χ3n) is 2.81. The molecule has 0 aliphatic heterocycles. The molecule has 0 aliphatic rings. The highest BCUT2D eigenvalue weighted by molar-refractivity contribution is 9.10. The lowest BCUT2D eigenvalue weighted by molar-refractivity contribution is 0.0995. The van der Waals surface area contributed by atoms with Gasteiger partial charge in [-0.25, -0.2) is 0 Å². The van der Waals surface area contributed by atoms with E-state index in [1.807, 2.05) is 24.3 Å². The summed E-state index contributed by atoms with van der Waals surface area (Å²) >= 11 is 3.17. The van der Waals surface area contributed by atoms with Crippen molar-refractivity contribution in [1.29, 1.82) is 0 Å². The average molecular weight is 322 g/mol. The number of anilines is 1. The molecule has 0 unspecified atom stereocenters. The van der Waals surface area contributed by atoms with E-state index in [1.165, 1.54) is 5.56 Å². The second-order valence-corrected chi connectivity index (χ2v) is 6.17. The predicted octanol–water partition coefficient (Wildman–Crippen LogP) is 4.59. The summed E-state index contributed by atoms with van der Waals surface area (Å²) in [5.74, 6) is 0.0287. The van der Waals surface area contributed by atoms with E-state index in [9.17, 15) is 4.79 Å². The maximum atomic E-state index is 11.9. The van der Waals surface area contributed by atoms with Crippen LogP contribution in [0, 0.1) is 0 Å². The fraction of sp³-hybridized carbons (Fsp3) is 0.267. The van der Waals surface area contributed by atoms with Crippen molar-refractivity contribution in [2.75, 3.05) is 5.32 Å². The molecule has 0 fully saturated rings. The van der Waals surface area contributed by atoms with Gasteiger partial charge in [-0.3, -0.25) is 4.79 Å². The quantitative estimate of drug-likeness (QED) is 0.878. The topological polar surface area (TPSA) is 42.2 Å². The molecular weight excluding hydrogens is 306 g/mol. The number of nitrogens with one attached hydrogen (secondary N) is 1. The van der Waals surface area contributed by atoms with Crippen molar-refractivity contribution in [2.45, 2.75) is 26.2 Å². The first kappa shape index (κ1) is 13.9. The Labute approximate surface area is 121 Å². The molecule has 2 rings (SSSR count). The largest absolute Gasteiger partial charge is 0.444 e. The van der Waals surface area contributed by atoms with Gasteiger partial charge < -0.3 is 9.73 Å². The summed E-state index contributed by atoms with van der Waals surface area (Å²) in [7, 11) is 0. The number of hydrogen-bond donors (Lipinski definition) is 1. The zero-order chi connectivity index (χ0) is 14.0. The van der Waals surface area contributed by atoms with E-state index in [4.69, 9.17) is 4.42 Å². The second kappa shape index (κ2) is 5.21. The molecule has 1 amide bonds. The van der Waals surface area contributed by atoms with Crippen LogP contribution in [-0.4, -0.2) is 5.91 Å². The van der Waals surface area contributed by atoms with Gasteiger partial charge in [0, 0.05) is 5.69 Å². The molecular formula is C15H16BrNO2. The van der Waals surface area contributed by atoms with Crippen LogP contribution in [0.1, 0.15) is 36.9 Å². The lowest BCUT2D eigenvalue weighted by atomic mass is 9.87. The first-order valence-corrected chi connectivity index (χ1v) is 6.83. The number of hydrogen-bond acceptors (Lipinski definition) is 2. The van der Waals surface area contributed by atoms with E-state index in [2.05, 4.69) is 42.0 Å². The van der Waals surface area contributed by atoms with Crippen LogP contribution in [0.15, 0.2) is 45.5 Å². The Hall–Kier alpha value is -1.55. The molecule has 4 heteroatoms. The van der Waals surface area contributed by atoms with Crippen LogP contribution in [0.5, 0.6) is 0 Å². The normalized spacial score (nSPS) is 11.4. The minimum absolute atomic E-state index is 0.106. The van der Waals surface area contributed by atoms with Crippen LogP contribution >= 0.6 is 15.9 Å². The molecule has 100 valence electrons. The van der Waals surface area contributed by atoms with Gasteiger partial charge in [0.05, 0.1) is 0 Å². The van der Waals surface area contributed by atoms with E-state index in [0.717, 1.165) is 5.69 Å². The summed E-state index contributed by atoms with van der Waals surface area (Å²) in [5.41, 5.74) is 2.09. The van der Waals surface area contributed by atoms with Crippen LogP contribution in [0.4, 0.5) is 5.69 Å². The molecule has 19 heavy (non-hydrogen) atoms. The monoisotopic (exact) mass is 321 g/mol. The van der Waals surface area contributed by atoms with E-state index >= 15 is 0 Å². The number of furan rings is 1. The van der Waals surface area contributed by atoms with Crippen molar-refractivity contribution in [3.05, 3.63) is 52.4 Å². The Morgan fingerprint density at radius 2 is 1.74 bits per heavy atom. The lowest BCUT2D eigenvalue weighted by Crippen LogP contribution is -2.13. The summed E-state index contributed by atoms with van der Waals surface area (Å²) < 4.78 is 5.74. The summed E-state index contributed by atoms with van der Waals surface area (Å²) in [4.78, 5) is 11.9. The Balaban J connectivity index is 2.10. The zero-order valence-corrected chi connectivity index (χ0v) is 12.7. The highest BCUT2D eigenvalue weighted by Gasteiger charge is 2.14. The van der Waals surface area contributed by atoms with Gasteiger partial charge in [0.2, 0.25) is 0 Å².